The van der Waals surface area contributed by atoms with E-state index in [-0.39, 0.29) is 0 Å². The molecular formula is C15H26N2O2. The SMILES string of the molecule is CCn1ncc(OC)c1C1(O)CCCC(C)(C)CC1. The van der Waals surface area contributed by atoms with Gasteiger partial charge in [0.05, 0.1) is 13.3 Å². The van der Waals surface area contributed by atoms with Crippen LogP contribution in [0.1, 0.15) is 58.6 Å². The number of aromatic nitrogens is 2. The maximum absolute atomic E-state index is 11.1. The molecule has 0 radical (unpaired) electrons. The fraction of sp³-hybridized carbons (Fsp3) is 0.800. The first-order valence-electron chi connectivity index (χ1n) is 7.24. The molecule has 2 rings (SSSR count). The number of rotatable bonds is 3. The topological polar surface area (TPSA) is 47.3 Å². The van der Waals surface area contributed by atoms with Crippen molar-refractivity contribution >= 4 is 0 Å². The molecule has 108 valence electrons. The normalized spacial score (nSPS) is 27.0. The lowest BCUT2D eigenvalue weighted by molar-refractivity contribution is 0.00728. The van der Waals surface area contributed by atoms with E-state index in [1.165, 1.54) is 0 Å². The van der Waals surface area contributed by atoms with E-state index in [1.807, 2.05) is 11.6 Å². The Morgan fingerprint density at radius 2 is 2.05 bits per heavy atom. The van der Waals surface area contributed by atoms with E-state index in [0.29, 0.717) is 11.2 Å². The molecule has 0 bridgehead atoms. The maximum atomic E-state index is 11.1. The summed E-state index contributed by atoms with van der Waals surface area (Å²) in [7, 11) is 1.64. The zero-order chi connectivity index (χ0) is 14.1. The van der Waals surface area contributed by atoms with E-state index in [9.17, 15) is 5.11 Å². The van der Waals surface area contributed by atoms with Gasteiger partial charge in [-0.1, -0.05) is 13.8 Å². The molecule has 1 aromatic heterocycles. The molecule has 1 atom stereocenters. The predicted molar refractivity (Wildman–Crippen MR) is 75.2 cm³/mol. The van der Waals surface area contributed by atoms with Crippen molar-refractivity contribution < 1.29 is 9.84 Å². The van der Waals surface area contributed by atoms with Crippen LogP contribution < -0.4 is 4.74 Å². The van der Waals surface area contributed by atoms with Crippen molar-refractivity contribution in [1.29, 1.82) is 0 Å². The molecule has 0 amide bonds. The van der Waals surface area contributed by atoms with Gasteiger partial charge in [0.1, 0.15) is 11.3 Å². The summed E-state index contributed by atoms with van der Waals surface area (Å²) in [4.78, 5) is 0. The van der Waals surface area contributed by atoms with Gasteiger partial charge in [0.2, 0.25) is 0 Å². The highest BCUT2D eigenvalue weighted by atomic mass is 16.5. The van der Waals surface area contributed by atoms with E-state index >= 15 is 0 Å². The van der Waals surface area contributed by atoms with Crippen molar-refractivity contribution in [1.82, 2.24) is 9.78 Å². The Morgan fingerprint density at radius 3 is 2.68 bits per heavy atom. The van der Waals surface area contributed by atoms with Gasteiger partial charge < -0.3 is 9.84 Å². The number of aliphatic hydroxyl groups is 1. The molecule has 1 aromatic rings. The molecule has 0 aromatic carbocycles. The highest BCUT2D eigenvalue weighted by molar-refractivity contribution is 5.31. The van der Waals surface area contributed by atoms with Gasteiger partial charge in [-0.25, -0.2) is 0 Å². The van der Waals surface area contributed by atoms with E-state index in [1.54, 1.807) is 13.3 Å². The van der Waals surface area contributed by atoms with Crippen LogP contribution in [-0.2, 0) is 12.1 Å². The van der Waals surface area contributed by atoms with Gasteiger partial charge in [-0.3, -0.25) is 4.68 Å². The largest absolute Gasteiger partial charge is 0.493 e. The summed E-state index contributed by atoms with van der Waals surface area (Å²) in [5.41, 5.74) is 0.371. The Kier molecular flexibility index (Phi) is 3.90. The number of hydrogen-bond acceptors (Lipinski definition) is 3. The minimum absolute atomic E-state index is 0.314. The van der Waals surface area contributed by atoms with E-state index in [0.717, 1.165) is 44.3 Å². The molecule has 1 aliphatic carbocycles. The Bertz CT molecular complexity index is 418. The number of methoxy groups -OCH3 is 1. The van der Waals surface area contributed by atoms with Crippen LogP contribution in [0.5, 0.6) is 5.75 Å². The molecule has 1 heterocycles. The summed E-state index contributed by atoms with van der Waals surface area (Å²) in [6.07, 6.45) is 6.52. The third kappa shape index (κ3) is 2.78. The number of hydrogen-bond donors (Lipinski definition) is 1. The molecule has 1 aliphatic rings. The van der Waals surface area contributed by atoms with Gasteiger partial charge in [0.15, 0.2) is 5.75 Å². The van der Waals surface area contributed by atoms with Crippen LogP contribution in [0.15, 0.2) is 6.20 Å². The average Bonchev–Trinajstić information content (AvgIpc) is 2.74. The van der Waals surface area contributed by atoms with Crippen LogP contribution in [0, 0.1) is 5.41 Å². The molecule has 0 saturated heterocycles. The minimum atomic E-state index is -0.800. The second-order valence-electron chi connectivity index (χ2n) is 6.43. The standard InChI is InChI=1S/C15H26N2O2/c1-5-17-13(12(19-4)11-16-17)15(18)8-6-7-14(2,3)9-10-15/h11,18H,5-10H2,1-4H3. The zero-order valence-corrected chi connectivity index (χ0v) is 12.6. The Hall–Kier alpha value is -1.03. The van der Waals surface area contributed by atoms with Gasteiger partial charge in [-0.2, -0.15) is 5.10 Å². The van der Waals surface area contributed by atoms with Crippen molar-refractivity contribution in [3.63, 3.8) is 0 Å². The summed E-state index contributed by atoms with van der Waals surface area (Å²) in [6, 6.07) is 0. The van der Waals surface area contributed by atoms with Crippen LogP contribution >= 0.6 is 0 Å². The van der Waals surface area contributed by atoms with Gasteiger partial charge in [-0.05, 0) is 44.4 Å². The molecule has 1 fully saturated rings. The van der Waals surface area contributed by atoms with Crippen molar-refractivity contribution in [3.8, 4) is 5.75 Å². The molecule has 1 saturated carbocycles. The summed E-state index contributed by atoms with van der Waals surface area (Å²) >= 11 is 0. The molecule has 4 heteroatoms. The van der Waals surface area contributed by atoms with Crippen molar-refractivity contribution in [2.24, 2.45) is 5.41 Å². The quantitative estimate of drug-likeness (QED) is 0.855. The summed E-state index contributed by atoms with van der Waals surface area (Å²) < 4.78 is 7.27. The van der Waals surface area contributed by atoms with Crippen molar-refractivity contribution in [2.75, 3.05) is 7.11 Å². The second kappa shape index (κ2) is 5.16. The Balaban J connectivity index is 2.36. The van der Waals surface area contributed by atoms with Crippen LogP contribution in [-0.4, -0.2) is 22.0 Å². The Labute approximate surface area is 115 Å². The number of nitrogens with zero attached hydrogens (tertiary/aromatic N) is 2. The van der Waals surface area contributed by atoms with Crippen LogP contribution in [0.2, 0.25) is 0 Å². The molecule has 0 spiro atoms. The number of ether oxygens (including phenoxy) is 1. The lowest BCUT2D eigenvalue weighted by Crippen LogP contribution is -2.29. The Morgan fingerprint density at radius 1 is 1.32 bits per heavy atom. The second-order valence-corrected chi connectivity index (χ2v) is 6.43. The fourth-order valence-electron chi connectivity index (χ4n) is 3.12. The predicted octanol–water partition coefficient (Wildman–Crippen LogP) is 3.09. The summed E-state index contributed by atoms with van der Waals surface area (Å²) in [6.45, 7) is 7.37. The minimum Gasteiger partial charge on any atom is -0.493 e. The van der Waals surface area contributed by atoms with Gasteiger partial charge in [-0.15, -0.1) is 0 Å². The first-order valence-corrected chi connectivity index (χ1v) is 7.24. The molecule has 19 heavy (non-hydrogen) atoms. The third-order valence-electron chi connectivity index (χ3n) is 4.43. The first-order chi connectivity index (χ1) is 8.92. The molecule has 1 unspecified atom stereocenters. The van der Waals surface area contributed by atoms with Gasteiger partial charge in [0, 0.05) is 6.54 Å². The maximum Gasteiger partial charge on any atom is 0.162 e. The lowest BCUT2D eigenvalue weighted by Gasteiger charge is -2.29. The van der Waals surface area contributed by atoms with E-state index < -0.39 is 5.60 Å². The zero-order valence-electron chi connectivity index (χ0n) is 12.6. The highest BCUT2D eigenvalue weighted by Crippen LogP contribution is 2.45. The molecule has 0 aliphatic heterocycles. The molecular weight excluding hydrogens is 240 g/mol. The highest BCUT2D eigenvalue weighted by Gasteiger charge is 2.39. The van der Waals surface area contributed by atoms with Gasteiger partial charge in [0.25, 0.3) is 0 Å². The first kappa shape index (κ1) is 14.4. The van der Waals surface area contributed by atoms with Crippen LogP contribution in [0.3, 0.4) is 0 Å². The fourth-order valence-corrected chi connectivity index (χ4v) is 3.12. The van der Waals surface area contributed by atoms with Gasteiger partial charge >= 0.3 is 0 Å². The van der Waals surface area contributed by atoms with Crippen molar-refractivity contribution in [2.45, 2.75) is 65.0 Å². The summed E-state index contributed by atoms with van der Waals surface area (Å²) in [5.74, 6) is 0.712. The van der Waals surface area contributed by atoms with E-state index in [2.05, 4.69) is 18.9 Å². The summed E-state index contributed by atoms with van der Waals surface area (Å²) in [5, 5.41) is 15.5. The monoisotopic (exact) mass is 266 g/mol. The molecule has 4 nitrogen and oxygen atoms in total. The van der Waals surface area contributed by atoms with Crippen LogP contribution in [0.25, 0.3) is 0 Å². The lowest BCUT2D eigenvalue weighted by atomic mass is 9.83. The third-order valence-corrected chi connectivity index (χ3v) is 4.43. The molecule has 1 N–H and O–H groups in total. The van der Waals surface area contributed by atoms with Crippen molar-refractivity contribution in [3.05, 3.63) is 11.9 Å². The smallest absolute Gasteiger partial charge is 0.162 e. The number of aryl methyl sites for hydroxylation is 1. The average molecular weight is 266 g/mol. The van der Waals surface area contributed by atoms with E-state index in [4.69, 9.17) is 4.74 Å². The van der Waals surface area contributed by atoms with Crippen LogP contribution in [0.4, 0.5) is 0 Å².